The van der Waals surface area contributed by atoms with Crippen LogP contribution in [0.5, 0.6) is 0 Å². The third-order valence-corrected chi connectivity index (χ3v) is 2.92. The lowest BCUT2D eigenvalue weighted by molar-refractivity contribution is -0.499. The van der Waals surface area contributed by atoms with E-state index in [-0.39, 0.29) is 13.2 Å². The van der Waals surface area contributed by atoms with Crippen molar-refractivity contribution in [2.45, 2.75) is 24.4 Å². The van der Waals surface area contributed by atoms with E-state index in [0.717, 1.165) is 0 Å². The quantitative estimate of drug-likeness (QED) is 0.159. The highest BCUT2D eigenvalue weighted by atomic mass is 19.3. The van der Waals surface area contributed by atoms with Crippen molar-refractivity contribution in [2.75, 3.05) is 52.7 Å². The number of aliphatic hydroxyl groups excluding tert-OH is 2. The zero-order valence-corrected chi connectivity index (χ0v) is 16.0. The number of carbonyl (C=O) groups is 2. The molecule has 0 radical (unpaired) electrons. The summed E-state index contributed by atoms with van der Waals surface area (Å²) in [6.45, 7) is -3.89. The van der Waals surface area contributed by atoms with Crippen molar-refractivity contribution in [3.05, 3.63) is 0 Å². The van der Waals surface area contributed by atoms with Gasteiger partial charge in [0, 0.05) is 13.1 Å². The largest absolute Gasteiger partial charge is 0.453 e. The van der Waals surface area contributed by atoms with E-state index in [1.807, 2.05) is 0 Å². The van der Waals surface area contributed by atoms with Gasteiger partial charge in [0.05, 0.1) is 39.6 Å². The van der Waals surface area contributed by atoms with Crippen LogP contribution in [0.25, 0.3) is 0 Å². The Kier molecular flexibility index (Phi) is 12.2. The zero-order chi connectivity index (χ0) is 25.1. The summed E-state index contributed by atoms with van der Waals surface area (Å²) in [4.78, 5) is 22.3. The van der Waals surface area contributed by atoms with Crippen LogP contribution in [0, 0.1) is 0 Å². The molecule has 0 aliphatic carbocycles. The summed E-state index contributed by atoms with van der Waals surface area (Å²) < 4.78 is 121. The Morgan fingerprint density at radius 2 is 0.938 bits per heavy atom. The van der Waals surface area contributed by atoms with Crippen LogP contribution in [-0.4, -0.2) is 99.2 Å². The summed E-state index contributed by atoms with van der Waals surface area (Å²) in [5.74, 6) is -5.29. The maximum atomic E-state index is 13.4. The number of alkyl halides is 8. The first-order valence-electron chi connectivity index (χ1n) is 8.48. The Bertz CT molecular complexity index is 547. The van der Waals surface area contributed by atoms with Gasteiger partial charge in [0.25, 0.3) is 0 Å². The number of hydrogen-bond donors (Lipinski definition) is 4. The first-order chi connectivity index (χ1) is 14.6. The predicted octanol–water partition coefficient (Wildman–Crippen LogP) is -0.359. The molecule has 0 heterocycles. The van der Waals surface area contributed by atoms with Crippen molar-refractivity contribution in [3.8, 4) is 0 Å². The molecule has 18 heteroatoms. The topological polar surface area (TPSA) is 136 Å². The maximum absolute atomic E-state index is 13.4. The Hall–Kier alpha value is -1.86. The molecular weight excluding hydrogens is 476 g/mol. The number of ether oxygens (including phenoxy) is 4. The van der Waals surface area contributed by atoms with Gasteiger partial charge >= 0.3 is 36.2 Å². The van der Waals surface area contributed by atoms with E-state index in [1.165, 1.54) is 10.6 Å². The first kappa shape index (κ1) is 30.1. The fourth-order valence-corrected chi connectivity index (χ4v) is 1.55. The van der Waals surface area contributed by atoms with Crippen molar-refractivity contribution >= 4 is 11.8 Å². The fraction of sp³-hybridized carbons (Fsp3) is 0.857. The van der Waals surface area contributed by atoms with Crippen molar-refractivity contribution in [3.63, 3.8) is 0 Å². The highest BCUT2D eigenvalue weighted by Crippen LogP contribution is 2.43. The number of halogens is 8. The highest BCUT2D eigenvalue weighted by molar-refractivity contribution is 5.82. The minimum absolute atomic E-state index is 0.262. The lowest BCUT2D eigenvalue weighted by atomic mass is 10.4. The molecule has 0 aromatic carbocycles. The van der Waals surface area contributed by atoms with E-state index in [0.29, 0.717) is 0 Å². The fourth-order valence-electron chi connectivity index (χ4n) is 1.55. The molecule has 10 nitrogen and oxygen atoms in total. The van der Waals surface area contributed by atoms with Crippen molar-refractivity contribution in [1.82, 2.24) is 10.6 Å². The molecule has 0 aromatic rings. The van der Waals surface area contributed by atoms with Gasteiger partial charge in [-0.1, -0.05) is 0 Å². The van der Waals surface area contributed by atoms with E-state index in [1.54, 1.807) is 0 Å². The van der Waals surface area contributed by atoms with Gasteiger partial charge < -0.3 is 30.3 Å². The number of carbonyl (C=O) groups excluding carboxylic acids is 2. The number of hydrogen-bond acceptors (Lipinski definition) is 8. The van der Waals surface area contributed by atoms with Gasteiger partial charge in [-0.15, -0.1) is 0 Å². The monoisotopic (exact) mass is 496 g/mol. The molecule has 0 aromatic heterocycles. The Balaban J connectivity index is 4.95. The van der Waals surface area contributed by atoms with Crippen LogP contribution < -0.4 is 10.6 Å². The number of nitrogens with one attached hydrogen (secondary N) is 2. The van der Waals surface area contributed by atoms with Crippen molar-refractivity contribution in [1.29, 1.82) is 0 Å². The van der Waals surface area contributed by atoms with Crippen LogP contribution in [-0.2, 0) is 28.5 Å². The van der Waals surface area contributed by atoms with E-state index in [4.69, 9.17) is 10.2 Å². The third kappa shape index (κ3) is 10.2. The summed E-state index contributed by atoms with van der Waals surface area (Å²) in [5, 5.41) is 19.3. The van der Waals surface area contributed by atoms with Crippen LogP contribution in [0.4, 0.5) is 35.1 Å². The number of amides is 2. The van der Waals surface area contributed by atoms with E-state index in [9.17, 15) is 44.7 Å². The SMILES string of the molecule is O=C(NCCOCCO)C(F)(F)OC(F)(F)C(F)(F)OC(F)(F)C(=O)NCCOCCO. The van der Waals surface area contributed by atoms with E-state index in [2.05, 4.69) is 18.9 Å². The Morgan fingerprint density at radius 1 is 0.625 bits per heavy atom. The normalized spacial score (nSPS) is 13.2. The smallest absolute Gasteiger partial charge is 0.394 e. The second kappa shape index (κ2) is 13.0. The van der Waals surface area contributed by atoms with Crippen LogP contribution in [0.2, 0.25) is 0 Å². The summed E-state index contributed by atoms with van der Waals surface area (Å²) in [5.41, 5.74) is 0. The molecule has 4 N–H and O–H groups in total. The summed E-state index contributed by atoms with van der Waals surface area (Å²) in [6, 6.07) is 0. The molecule has 0 fully saturated rings. The predicted molar refractivity (Wildman–Crippen MR) is 83.8 cm³/mol. The molecule has 0 bridgehead atoms. The van der Waals surface area contributed by atoms with Crippen molar-refractivity contribution < 1.29 is 73.9 Å². The molecule has 190 valence electrons. The highest BCUT2D eigenvalue weighted by Gasteiger charge is 2.69. The molecule has 0 rings (SSSR count). The molecular formula is C14H20F8N2O8. The van der Waals surface area contributed by atoms with Crippen LogP contribution in [0.1, 0.15) is 0 Å². The van der Waals surface area contributed by atoms with Gasteiger partial charge in [-0.05, 0) is 0 Å². The summed E-state index contributed by atoms with van der Waals surface area (Å²) in [7, 11) is 0. The Labute approximate surface area is 174 Å². The third-order valence-electron chi connectivity index (χ3n) is 2.92. The summed E-state index contributed by atoms with van der Waals surface area (Å²) in [6.07, 6.45) is -24.3. The molecule has 0 unspecified atom stereocenters. The average Bonchev–Trinajstić information content (AvgIpc) is 2.65. The lowest BCUT2D eigenvalue weighted by Gasteiger charge is -2.30. The second-order valence-electron chi connectivity index (χ2n) is 5.45. The minimum Gasteiger partial charge on any atom is -0.394 e. The molecule has 2 amide bonds. The number of aliphatic hydroxyl groups is 2. The van der Waals surface area contributed by atoms with Crippen LogP contribution in [0.3, 0.4) is 0 Å². The molecule has 0 aliphatic rings. The maximum Gasteiger partial charge on any atom is 0.453 e. The van der Waals surface area contributed by atoms with Gasteiger partial charge in [-0.2, -0.15) is 35.1 Å². The van der Waals surface area contributed by atoms with Gasteiger partial charge in [-0.3, -0.25) is 9.59 Å². The van der Waals surface area contributed by atoms with E-state index < -0.39 is 75.8 Å². The van der Waals surface area contributed by atoms with Crippen LogP contribution >= 0.6 is 0 Å². The molecule has 32 heavy (non-hydrogen) atoms. The lowest BCUT2D eigenvalue weighted by Crippen LogP contribution is -2.57. The van der Waals surface area contributed by atoms with Gasteiger partial charge in [0.2, 0.25) is 0 Å². The van der Waals surface area contributed by atoms with Gasteiger partial charge in [0.15, 0.2) is 0 Å². The molecule has 0 saturated heterocycles. The first-order valence-corrected chi connectivity index (χ1v) is 8.48. The van der Waals surface area contributed by atoms with E-state index >= 15 is 0 Å². The molecule has 0 saturated carbocycles. The number of rotatable bonds is 17. The standard InChI is InChI=1S/C14H20F8N2O8/c15-11(16,9(27)23-1-5-29-7-3-25)31-13(19,20)14(21,22)32-12(17,18)10(28)24-2-6-30-8-4-26/h25-26H,1-8H2,(H,23,27)(H,24,28). The van der Waals surface area contributed by atoms with Crippen molar-refractivity contribution in [2.24, 2.45) is 0 Å². The average molecular weight is 496 g/mol. The molecule has 0 aliphatic heterocycles. The zero-order valence-electron chi connectivity index (χ0n) is 16.0. The second-order valence-corrected chi connectivity index (χ2v) is 5.45. The Morgan fingerprint density at radius 3 is 1.22 bits per heavy atom. The minimum atomic E-state index is -6.50. The summed E-state index contributed by atoms with van der Waals surface area (Å²) >= 11 is 0. The molecule has 0 spiro atoms. The van der Waals surface area contributed by atoms with Gasteiger partial charge in [0.1, 0.15) is 0 Å². The van der Waals surface area contributed by atoms with Gasteiger partial charge in [-0.25, -0.2) is 9.47 Å². The molecule has 0 atom stereocenters. The van der Waals surface area contributed by atoms with Crippen LogP contribution in [0.15, 0.2) is 0 Å².